The first-order valence-electron chi connectivity index (χ1n) is 8.16. The van der Waals surface area contributed by atoms with Crippen molar-refractivity contribution in [2.24, 2.45) is 0 Å². The molecule has 0 aliphatic carbocycles. The van der Waals surface area contributed by atoms with Gasteiger partial charge in [0.2, 0.25) is 5.88 Å². The van der Waals surface area contributed by atoms with Gasteiger partial charge in [-0.25, -0.2) is 4.98 Å². The molecular weight excluding hydrogens is 304 g/mol. The van der Waals surface area contributed by atoms with Crippen molar-refractivity contribution >= 4 is 5.69 Å². The highest BCUT2D eigenvalue weighted by atomic mass is 16.5. The summed E-state index contributed by atoms with van der Waals surface area (Å²) in [5, 5.41) is 10.3. The third-order valence-corrected chi connectivity index (χ3v) is 4.91. The average Bonchev–Trinajstić information content (AvgIpc) is 2.57. The Morgan fingerprint density at radius 1 is 1.29 bits per heavy atom. The predicted octanol–water partition coefficient (Wildman–Crippen LogP) is 3.46. The van der Waals surface area contributed by atoms with Crippen molar-refractivity contribution in [2.75, 3.05) is 12.3 Å². The number of phenolic OH excluding ortho intramolecular Hbond substituents is 1. The van der Waals surface area contributed by atoms with Gasteiger partial charge in [-0.05, 0) is 69.4 Å². The van der Waals surface area contributed by atoms with Gasteiger partial charge in [0.25, 0.3) is 0 Å². The number of hydrogen-bond donors (Lipinski definition) is 2. The van der Waals surface area contributed by atoms with Gasteiger partial charge in [0.15, 0.2) is 0 Å². The van der Waals surface area contributed by atoms with Crippen LogP contribution in [0.1, 0.15) is 35.6 Å². The van der Waals surface area contributed by atoms with Crippen LogP contribution in [0.2, 0.25) is 0 Å². The number of nitrogens with zero attached hydrogens (tertiary/aromatic N) is 1. The molecule has 0 fully saturated rings. The maximum Gasteiger partial charge on any atom is 0.237 e. The van der Waals surface area contributed by atoms with E-state index in [1.807, 2.05) is 27.7 Å². The largest absolute Gasteiger partial charge is 0.507 e. The molecule has 3 N–H and O–H groups in total. The standard InChI is InChI=1S/C19H24N2O3/c1-11-12(2)17-14(13(3)16(11)22)7-8-19(4,24-17)10-23-18-15(20)6-5-9-21-18/h5-6,9,22H,7-8,10,20H2,1-4H3. The zero-order valence-electron chi connectivity index (χ0n) is 14.6. The molecule has 2 aromatic rings. The molecule has 0 saturated heterocycles. The van der Waals surface area contributed by atoms with Crippen LogP contribution in [0.15, 0.2) is 18.3 Å². The predicted molar refractivity (Wildman–Crippen MR) is 93.8 cm³/mol. The van der Waals surface area contributed by atoms with E-state index in [0.717, 1.165) is 40.8 Å². The van der Waals surface area contributed by atoms with Crippen molar-refractivity contribution in [1.82, 2.24) is 4.98 Å². The van der Waals surface area contributed by atoms with Crippen LogP contribution in [0.5, 0.6) is 17.4 Å². The van der Waals surface area contributed by atoms with Crippen LogP contribution in [0.3, 0.4) is 0 Å². The van der Waals surface area contributed by atoms with Crippen molar-refractivity contribution in [1.29, 1.82) is 0 Å². The molecule has 2 heterocycles. The number of fused-ring (bicyclic) bond motifs is 1. The zero-order chi connectivity index (χ0) is 17.5. The molecule has 1 aromatic heterocycles. The quantitative estimate of drug-likeness (QED) is 0.902. The zero-order valence-corrected chi connectivity index (χ0v) is 14.6. The van der Waals surface area contributed by atoms with Crippen molar-refractivity contribution in [3.8, 4) is 17.4 Å². The molecule has 1 aliphatic rings. The maximum atomic E-state index is 10.3. The molecule has 5 nitrogen and oxygen atoms in total. The van der Waals surface area contributed by atoms with Gasteiger partial charge < -0.3 is 20.3 Å². The number of aromatic hydroxyl groups is 1. The molecule has 5 heteroatoms. The third kappa shape index (κ3) is 2.75. The SMILES string of the molecule is Cc1c(C)c2c(c(C)c1O)CCC(C)(COc1ncccc1N)O2. The van der Waals surface area contributed by atoms with Crippen molar-refractivity contribution in [3.05, 3.63) is 40.6 Å². The number of ether oxygens (including phenoxy) is 2. The van der Waals surface area contributed by atoms with Gasteiger partial charge in [-0.2, -0.15) is 0 Å². The van der Waals surface area contributed by atoms with Gasteiger partial charge in [0.1, 0.15) is 23.7 Å². The maximum absolute atomic E-state index is 10.3. The van der Waals surface area contributed by atoms with E-state index in [4.69, 9.17) is 15.2 Å². The van der Waals surface area contributed by atoms with Crippen LogP contribution in [-0.2, 0) is 6.42 Å². The van der Waals surface area contributed by atoms with Crippen LogP contribution in [0.25, 0.3) is 0 Å². The fourth-order valence-electron chi connectivity index (χ4n) is 3.14. The Labute approximate surface area is 142 Å². The van der Waals surface area contributed by atoms with Crippen molar-refractivity contribution in [3.63, 3.8) is 0 Å². The Hall–Kier alpha value is -2.43. The number of pyridine rings is 1. The molecule has 1 atom stereocenters. The molecule has 0 radical (unpaired) electrons. The van der Waals surface area contributed by atoms with Gasteiger partial charge in [0.05, 0.1) is 5.69 Å². The molecule has 128 valence electrons. The number of hydrogen-bond acceptors (Lipinski definition) is 5. The van der Waals surface area contributed by atoms with E-state index < -0.39 is 5.60 Å². The lowest BCUT2D eigenvalue weighted by Gasteiger charge is -2.37. The number of rotatable bonds is 3. The minimum atomic E-state index is -0.461. The van der Waals surface area contributed by atoms with Crippen LogP contribution in [0.4, 0.5) is 5.69 Å². The molecular formula is C19H24N2O3. The number of phenols is 1. The Kier molecular flexibility index (Phi) is 4.03. The van der Waals surface area contributed by atoms with E-state index in [1.54, 1.807) is 18.3 Å². The molecule has 0 amide bonds. The summed E-state index contributed by atoms with van der Waals surface area (Å²) in [6.07, 6.45) is 3.30. The van der Waals surface area contributed by atoms with Crippen LogP contribution < -0.4 is 15.2 Å². The molecule has 0 spiro atoms. The molecule has 3 rings (SSSR count). The fraction of sp³-hybridized carbons (Fsp3) is 0.421. The molecule has 1 aliphatic heterocycles. The lowest BCUT2D eigenvalue weighted by molar-refractivity contribution is 0.0154. The smallest absolute Gasteiger partial charge is 0.237 e. The first kappa shape index (κ1) is 16.4. The van der Waals surface area contributed by atoms with Crippen molar-refractivity contribution in [2.45, 2.75) is 46.1 Å². The van der Waals surface area contributed by atoms with E-state index in [9.17, 15) is 5.11 Å². The summed E-state index contributed by atoms with van der Waals surface area (Å²) in [6.45, 7) is 8.24. The highest BCUT2D eigenvalue weighted by Gasteiger charge is 2.35. The lowest BCUT2D eigenvalue weighted by Crippen LogP contribution is -2.42. The Balaban J connectivity index is 1.85. The number of nitrogens with two attached hydrogens (primary N) is 1. The average molecular weight is 328 g/mol. The molecule has 0 bridgehead atoms. The molecule has 1 unspecified atom stereocenters. The summed E-state index contributed by atoms with van der Waals surface area (Å²) in [6, 6.07) is 3.54. The second-order valence-corrected chi connectivity index (χ2v) is 6.77. The highest BCUT2D eigenvalue weighted by Crippen LogP contribution is 2.43. The number of nitrogen functional groups attached to an aromatic ring is 1. The summed E-state index contributed by atoms with van der Waals surface area (Å²) in [7, 11) is 0. The van der Waals surface area contributed by atoms with Gasteiger partial charge in [-0.1, -0.05) is 0 Å². The van der Waals surface area contributed by atoms with Crippen LogP contribution in [0, 0.1) is 20.8 Å². The van der Waals surface area contributed by atoms with Gasteiger partial charge in [0, 0.05) is 11.8 Å². The number of anilines is 1. The summed E-state index contributed by atoms with van der Waals surface area (Å²) in [4.78, 5) is 4.16. The lowest BCUT2D eigenvalue weighted by atomic mass is 9.87. The Morgan fingerprint density at radius 3 is 2.75 bits per heavy atom. The van der Waals surface area contributed by atoms with Gasteiger partial charge in [-0.15, -0.1) is 0 Å². The Bertz CT molecular complexity index is 789. The van der Waals surface area contributed by atoms with Crippen LogP contribution in [-0.4, -0.2) is 22.3 Å². The monoisotopic (exact) mass is 328 g/mol. The number of benzene rings is 1. The molecule has 0 saturated carbocycles. The first-order chi connectivity index (χ1) is 11.3. The van der Waals surface area contributed by atoms with Gasteiger partial charge >= 0.3 is 0 Å². The third-order valence-electron chi connectivity index (χ3n) is 4.91. The second kappa shape index (κ2) is 5.89. The van der Waals surface area contributed by atoms with E-state index in [-0.39, 0.29) is 0 Å². The summed E-state index contributed by atoms with van der Waals surface area (Å²) in [5.41, 5.74) is 9.78. The van der Waals surface area contributed by atoms with Gasteiger partial charge in [-0.3, -0.25) is 0 Å². The van der Waals surface area contributed by atoms with E-state index in [1.165, 1.54) is 0 Å². The summed E-state index contributed by atoms with van der Waals surface area (Å²) >= 11 is 0. The van der Waals surface area contributed by atoms with E-state index in [2.05, 4.69) is 4.98 Å². The minimum absolute atomic E-state index is 0.367. The van der Waals surface area contributed by atoms with Crippen LogP contribution >= 0.6 is 0 Å². The fourth-order valence-corrected chi connectivity index (χ4v) is 3.14. The topological polar surface area (TPSA) is 77.6 Å². The summed E-state index contributed by atoms with van der Waals surface area (Å²) in [5.74, 6) is 1.67. The summed E-state index contributed by atoms with van der Waals surface area (Å²) < 4.78 is 12.1. The van der Waals surface area contributed by atoms with E-state index in [0.29, 0.717) is 23.9 Å². The molecule has 24 heavy (non-hydrogen) atoms. The van der Waals surface area contributed by atoms with Crippen molar-refractivity contribution < 1.29 is 14.6 Å². The Morgan fingerprint density at radius 2 is 2.04 bits per heavy atom. The van der Waals surface area contributed by atoms with E-state index >= 15 is 0 Å². The molecule has 1 aromatic carbocycles. The minimum Gasteiger partial charge on any atom is -0.507 e. The second-order valence-electron chi connectivity index (χ2n) is 6.77. The number of aromatic nitrogens is 1. The normalized spacial score (nSPS) is 19.5. The highest BCUT2D eigenvalue weighted by molar-refractivity contribution is 5.58. The first-order valence-corrected chi connectivity index (χ1v) is 8.16.